The van der Waals surface area contributed by atoms with Gasteiger partial charge in [0.25, 0.3) is 0 Å². The maximum absolute atomic E-state index is 14.4. The predicted octanol–water partition coefficient (Wildman–Crippen LogP) is 8.40. The zero-order chi connectivity index (χ0) is 37.1. The fraction of sp³-hybridized carbons (Fsp3) is 0.721. The number of hydrogen-bond donors (Lipinski definition) is 0. The van der Waals surface area contributed by atoms with E-state index in [1.54, 1.807) is 0 Å². The molecule has 5 aliphatic carbocycles. The number of hydrogen-bond acceptors (Lipinski definition) is 8. The summed E-state index contributed by atoms with van der Waals surface area (Å²) in [6, 6.07) is 9.95. The molecule has 51 heavy (non-hydrogen) atoms. The third-order valence-corrected chi connectivity index (χ3v) is 15.6. The number of esters is 4. The Labute approximate surface area is 304 Å². The van der Waals surface area contributed by atoms with Gasteiger partial charge in [-0.2, -0.15) is 0 Å². The smallest absolute Gasteiger partial charge is 0.312 e. The average Bonchev–Trinajstić information content (AvgIpc) is 3.46. The van der Waals surface area contributed by atoms with Crippen molar-refractivity contribution in [3.8, 4) is 0 Å². The van der Waals surface area contributed by atoms with Crippen molar-refractivity contribution in [1.29, 1.82) is 0 Å². The zero-order valence-electron chi connectivity index (χ0n) is 32.2. The maximum atomic E-state index is 14.4. The third-order valence-electron chi connectivity index (χ3n) is 15.6. The van der Waals surface area contributed by atoms with E-state index in [4.69, 9.17) is 18.9 Å². The summed E-state index contributed by atoms with van der Waals surface area (Å²) in [6.07, 6.45) is 6.53. The van der Waals surface area contributed by atoms with Crippen molar-refractivity contribution < 1.29 is 38.1 Å². The van der Waals surface area contributed by atoms with E-state index in [0.717, 1.165) is 56.9 Å². The van der Waals surface area contributed by atoms with Crippen molar-refractivity contribution in [3.63, 3.8) is 0 Å². The molecule has 0 unspecified atom stereocenters. The Bertz CT molecular complexity index is 1550. The number of rotatable bonds is 8. The van der Waals surface area contributed by atoms with Crippen LogP contribution in [0.5, 0.6) is 0 Å². The van der Waals surface area contributed by atoms with Gasteiger partial charge < -0.3 is 18.9 Å². The topological polar surface area (TPSA) is 105 Å². The highest BCUT2D eigenvalue weighted by Gasteiger charge is 2.74. The lowest BCUT2D eigenvalue weighted by molar-refractivity contribution is -0.276. The summed E-state index contributed by atoms with van der Waals surface area (Å²) in [4.78, 5) is 51.7. The third kappa shape index (κ3) is 5.95. The molecule has 0 amide bonds. The van der Waals surface area contributed by atoms with Gasteiger partial charge in [-0.05, 0) is 116 Å². The van der Waals surface area contributed by atoms with Crippen LogP contribution >= 0.6 is 0 Å². The van der Waals surface area contributed by atoms with Gasteiger partial charge in [0.2, 0.25) is 0 Å². The summed E-state index contributed by atoms with van der Waals surface area (Å²) in [5, 5.41) is 0. The van der Waals surface area contributed by atoms with Crippen molar-refractivity contribution >= 4 is 23.9 Å². The zero-order valence-corrected chi connectivity index (χ0v) is 32.2. The second-order valence-electron chi connectivity index (χ2n) is 18.1. The molecule has 12 atom stereocenters. The number of benzene rings is 1. The van der Waals surface area contributed by atoms with Crippen molar-refractivity contribution in [2.75, 3.05) is 6.61 Å². The van der Waals surface area contributed by atoms with E-state index in [1.807, 2.05) is 30.3 Å². The Kier molecular flexibility index (Phi) is 9.85. The molecule has 1 aromatic rings. The lowest BCUT2D eigenvalue weighted by Gasteiger charge is -2.73. The Morgan fingerprint density at radius 3 is 2.06 bits per heavy atom. The Hall–Kier alpha value is -3.16. The quantitative estimate of drug-likeness (QED) is 0.151. The number of ether oxygens (including phenoxy) is 4. The second kappa shape index (κ2) is 13.4. The molecule has 0 spiro atoms. The van der Waals surface area contributed by atoms with Gasteiger partial charge >= 0.3 is 23.9 Å². The van der Waals surface area contributed by atoms with Crippen LogP contribution in [0.2, 0.25) is 0 Å². The van der Waals surface area contributed by atoms with Gasteiger partial charge in [-0.25, -0.2) is 0 Å². The number of fused-ring (bicyclic) bond motifs is 7. The first-order chi connectivity index (χ1) is 23.9. The highest BCUT2D eigenvalue weighted by Crippen LogP contribution is 2.78. The summed E-state index contributed by atoms with van der Waals surface area (Å²) in [7, 11) is 0. The summed E-state index contributed by atoms with van der Waals surface area (Å²) < 4.78 is 24.0. The second-order valence-corrected chi connectivity index (χ2v) is 18.1. The minimum absolute atomic E-state index is 0.0423. The molecular formula is C43H60O8. The van der Waals surface area contributed by atoms with Crippen LogP contribution < -0.4 is 0 Å². The standard InChI is InChI=1S/C43H60O8/c1-26(2)31-17-20-43(38(47)48-24-30-13-11-10-12-14-30)22-21-41(8)32(36(31)43)15-16-35-39(6)23-33(50-28(4)45)37(51-29(5)46)40(7,25-49-27(3)44)34(39)18-19-42(35,41)9/h10-14,31-37H,1,15-25H2,2-9H3/t31-,32+,33-,34+,35+,36+,37-,39-,40-,41+,42+,43-/m0/s1. The summed E-state index contributed by atoms with van der Waals surface area (Å²) >= 11 is 0. The van der Waals surface area contributed by atoms with Crippen LogP contribution in [0.3, 0.4) is 0 Å². The van der Waals surface area contributed by atoms with Gasteiger partial charge in [0.15, 0.2) is 0 Å². The van der Waals surface area contributed by atoms with Crippen LogP contribution in [0.4, 0.5) is 0 Å². The first kappa shape index (κ1) is 37.6. The summed E-state index contributed by atoms with van der Waals surface area (Å²) in [5.41, 5.74) is 0.482. The molecule has 1 aromatic carbocycles. The molecule has 8 nitrogen and oxygen atoms in total. The van der Waals surface area contributed by atoms with E-state index in [1.165, 1.54) is 26.3 Å². The lowest BCUT2D eigenvalue weighted by atomic mass is 9.32. The van der Waals surface area contributed by atoms with E-state index in [9.17, 15) is 19.2 Å². The van der Waals surface area contributed by atoms with Gasteiger partial charge in [0.05, 0.1) is 5.41 Å². The van der Waals surface area contributed by atoms with Gasteiger partial charge in [-0.1, -0.05) is 70.2 Å². The van der Waals surface area contributed by atoms with Crippen LogP contribution in [-0.2, 0) is 44.7 Å². The average molecular weight is 705 g/mol. The van der Waals surface area contributed by atoms with Crippen LogP contribution in [0.25, 0.3) is 0 Å². The Morgan fingerprint density at radius 2 is 1.43 bits per heavy atom. The SMILES string of the molecule is C=C(C)[C@@H]1CC[C@]2(C(=O)OCc3ccccc3)CC[C@]3(C)[C@H](CC[C@@H]4[C@@]5(C)C[C@H](OC(C)=O)[C@H](OC(C)=O)[C@@](C)(COC(C)=O)[C@@H]5CC[C@]43C)[C@@H]12. The fourth-order valence-electron chi connectivity index (χ4n) is 13.4. The van der Waals surface area contributed by atoms with Crippen molar-refractivity contribution in [3.05, 3.63) is 48.0 Å². The maximum Gasteiger partial charge on any atom is 0.312 e. The molecule has 280 valence electrons. The highest BCUT2D eigenvalue weighted by atomic mass is 16.6. The van der Waals surface area contributed by atoms with Crippen LogP contribution in [-0.4, -0.2) is 42.7 Å². The van der Waals surface area contributed by atoms with E-state index in [0.29, 0.717) is 12.3 Å². The van der Waals surface area contributed by atoms with Crippen molar-refractivity contribution in [2.24, 2.45) is 56.7 Å². The first-order valence-electron chi connectivity index (χ1n) is 19.3. The fourth-order valence-corrected chi connectivity index (χ4v) is 13.4. The molecular weight excluding hydrogens is 644 g/mol. The molecule has 0 aliphatic heterocycles. The van der Waals surface area contributed by atoms with Crippen LogP contribution in [0, 0.1) is 56.7 Å². The van der Waals surface area contributed by atoms with Gasteiger partial charge in [0, 0.05) is 26.2 Å². The number of carbonyl (C=O) groups excluding carboxylic acids is 4. The van der Waals surface area contributed by atoms with Gasteiger partial charge in [-0.15, -0.1) is 0 Å². The van der Waals surface area contributed by atoms with Crippen LogP contribution in [0.15, 0.2) is 42.5 Å². The molecule has 5 fully saturated rings. The van der Waals surface area contributed by atoms with E-state index >= 15 is 0 Å². The molecule has 0 aromatic heterocycles. The van der Waals surface area contributed by atoms with Crippen molar-refractivity contribution in [1.82, 2.24) is 0 Å². The number of allylic oxidation sites excluding steroid dienone is 1. The molecule has 6 rings (SSSR count). The molecule has 0 radical (unpaired) electrons. The number of carbonyl (C=O) groups is 4. The van der Waals surface area contributed by atoms with Crippen LogP contribution in [0.1, 0.15) is 119 Å². The molecule has 0 heterocycles. The lowest BCUT2D eigenvalue weighted by Crippen LogP contribution is -2.70. The molecule has 0 saturated heterocycles. The minimum atomic E-state index is -0.760. The minimum Gasteiger partial charge on any atom is -0.465 e. The monoisotopic (exact) mass is 704 g/mol. The van der Waals surface area contributed by atoms with E-state index in [2.05, 4.69) is 41.2 Å². The van der Waals surface area contributed by atoms with Crippen molar-refractivity contribution in [2.45, 2.75) is 132 Å². The molecule has 5 aliphatic rings. The molecule has 0 bridgehead atoms. The molecule has 8 heteroatoms. The molecule has 5 saturated carbocycles. The highest BCUT2D eigenvalue weighted by molar-refractivity contribution is 5.78. The summed E-state index contributed by atoms with van der Waals surface area (Å²) in [5.74, 6) is -0.190. The Morgan fingerprint density at radius 1 is 0.745 bits per heavy atom. The first-order valence-corrected chi connectivity index (χ1v) is 19.3. The predicted molar refractivity (Wildman–Crippen MR) is 193 cm³/mol. The van der Waals surface area contributed by atoms with Gasteiger partial charge in [0.1, 0.15) is 25.4 Å². The van der Waals surface area contributed by atoms with Gasteiger partial charge in [-0.3, -0.25) is 19.2 Å². The van der Waals surface area contributed by atoms with E-state index in [-0.39, 0.29) is 65.1 Å². The van der Waals surface area contributed by atoms with E-state index < -0.39 is 35.0 Å². The molecule has 0 N–H and O–H groups in total. The summed E-state index contributed by atoms with van der Waals surface area (Å²) in [6.45, 7) is 20.6. The largest absolute Gasteiger partial charge is 0.465 e. The normalized spacial score (nSPS) is 42.5. The Balaban J connectivity index is 1.37.